The lowest BCUT2D eigenvalue weighted by molar-refractivity contribution is -0.157. The van der Waals surface area contributed by atoms with Crippen molar-refractivity contribution < 1.29 is 29.0 Å². The van der Waals surface area contributed by atoms with E-state index in [1.807, 2.05) is 30.3 Å². The zero-order valence-electron chi connectivity index (χ0n) is 18.2. The molecule has 2 unspecified atom stereocenters. The lowest BCUT2D eigenvalue weighted by Gasteiger charge is -2.33. The molecule has 1 amide bonds. The Kier molecular flexibility index (Phi) is 7.67. The molecule has 4 atom stereocenters. The predicted molar refractivity (Wildman–Crippen MR) is 113 cm³/mol. The number of benzene rings is 1. The molecule has 1 aromatic rings. The molecule has 0 bridgehead atoms. The standard InChI is InChI=1S/C23H32N2O6/c1-3-30-22(29)18(11-10-17-8-5-4-6-9-17)24-16(2)20(26)25-14-13-23(12-7-15-31-23)19(25)21(27)28/h4-6,8-9,16,18-19,24H,3,7,10-15H2,1-2H3,(H,27,28)/t16-,18?,19+,23?/m0/s1. The number of carboxylic acid groups (broad SMARTS) is 1. The average Bonchev–Trinajstić information content (AvgIpc) is 3.38. The smallest absolute Gasteiger partial charge is 0.329 e. The molecule has 1 spiro atoms. The van der Waals surface area contributed by atoms with Gasteiger partial charge in [0.05, 0.1) is 12.6 Å². The third-order valence-corrected chi connectivity index (χ3v) is 6.19. The van der Waals surface area contributed by atoms with Crippen LogP contribution in [0.15, 0.2) is 30.3 Å². The maximum atomic E-state index is 13.2. The molecule has 0 aromatic heterocycles. The summed E-state index contributed by atoms with van der Waals surface area (Å²) in [6.45, 7) is 4.50. The molecule has 8 heteroatoms. The van der Waals surface area contributed by atoms with Gasteiger partial charge in [0, 0.05) is 13.2 Å². The van der Waals surface area contributed by atoms with Gasteiger partial charge in [0.15, 0.2) is 6.04 Å². The van der Waals surface area contributed by atoms with Gasteiger partial charge in [-0.25, -0.2) is 4.79 Å². The number of nitrogens with zero attached hydrogens (tertiary/aromatic N) is 1. The fraction of sp³-hybridized carbons (Fsp3) is 0.609. The second-order valence-electron chi connectivity index (χ2n) is 8.26. The first kappa shape index (κ1) is 23.2. The van der Waals surface area contributed by atoms with Crippen LogP contribution >= 0.6 is 0 Å². The number of esters is 1. The molecule has 0 radical (unpaired) electrons. The molecule has 2 heterocycles. The zero-order chi connectivity index (χ0) is 22.4. The van der Waals surface area contributed by atoms with E-state index in [1.54, 1.807) is 13.8 Å². The van der Waals surface area contributed by atoms with Crippen LogP contribution in [0.5, 0.6) is 0 Å². The number of carbonyl (C=O) groups excluding carboxylic acids is 2. The number of hydrogen-bond donors (Lipinski definition) is 2. The molecule has 2 aliphatic heterocycles. The van der Waals surface area contributed by atoms with E-state index in [4.69, 9.17) is 9.47 Å². The molecule has 31 heavy (non-hydrogen) atoms. The number of carboxylic acids is 1. The zero-order valence-corrected chi connectivity index (χ0v) is 18.2. The molecule has 2 fully saturated rings. The highest BCUT2D eigenvalue weighted by atomic mass is 16.5. The topological polar surface area (TPSA) is 105 Å². The van der Waals surface area contributed by atoms with Gasteiger partial charge in [0.2, 0.25) is 5.91 Å². The monoisotopic (exact) mass is 432 g/mol. The van der Waals surface area contributed by atoms with Crippen molar-refractivity contribution in [3.63, 3.8) is 0 Å². The molecule has 3 rings (SSSR count). The SMILES string of the molecule is CCOC(=O)C(CCc1ccccc1)N[C@@H](C)C(=O)N1CCC2(CCCO2)[C@H]1C(=O)O. The van der Waals surface area contributed by atoms with Crippen LogP contribution in [0.4, 0.5) is 0 Å². The summed E-state index contributed by atoms with van der Waals surface area (Å²) in [5.74, 6) is -1.80. The van der Waals surface area contributed by atoms with Gasteiger partial charge in [-0.1, -0.05) is 30.3 Å². The van der Waals surface area contributed by atoms with Crippen molar-refractivity contribution in [1.82, 2.24) is 10.2 Å². The molecule has 1 aromatic carbocycles. The minimum absolute atomic E-state index is 0.248. The number of nitrogens with one attached hydrogen (secondary N) is 1. The van der Waals surface area contributed by atoms with Gasteiger partial charge < -0.3 is 19.5 Å². The first-order chi connectivity index (χ1) is 14.9. The third-order valence-electron chi connectivity index (χ3n) is 6.19. The average molecular weight is 433 g/mol. The number of carbonyl (C=O) groups is 3. The molecule has 2 N–H and O–H groups in total. The summed E-state index contributed by atoms with van der Waals surface area (Å²) in [5, 5.41) is 12.9. The maximum absolute atomic E-state index is 13.2. The van der Waals surface area contributed by atoms with Crippen molar-refractivity contribution >= 4 is 17.8 Å². The number of ether oxygens (including phenoxy) is 2. The largest absolute Gasteiger partial charge is 0.480 e. The second-order valence-corrected chi connectivity index (χ2v) is 8.26. The van der Waals surface area contributed by atoms with Crippen molar-refractivity contribution in [2.75, 3.05) is 19.8 Å². The minimum Gasteiger partial charge on any atom is -0.480 e. The fourth-order valence-corrected chi connectivity index (χ4v) is 4.68. The first-order valence-corrected chi connectivity index (χ1v) is 11.0. The van der Waals surface area contributed by atoms with E-state index in [-0.39, 0.29) is 12.5 Å². The molecular formula is C23H32N2O6. The van der Waals surface area contributed by atoms with Crippen molar-refractivity contribution in [2.24, 2.45) is 0 Å². The quantitative estimate of drug-likeness (QED) is 0.573. The van der Waals surface area contributed by atoms with Crippen LogP contribution in [0, 0.1) is 0 Å². The summed E-state index contributed by atoms with van der Waals surface area (Å²) >= 11 is 0. The van der Waals surface area contributed by atoms with Gasteiger partial charge in [-0.05, 0) is 51.5 Å². The summed E-state index contributed by atoms with van der Waals surface area (Å²) in [4.78, 5) is 39.1. The number of aliphatic carboxylic acids is 1. The van der Waals surface area contributed by atoms with E-state index in [9.17, 15) is 19.5 Å². The first-order valence-electron chi connectivity index (χ1n) is 11.0. The fourth-order valence-electron chi connectivity index (χ4n) is 4.68. The Balaban J connectivity index is 1.68. The number of rotatable bonds is 9. The van der Waals surface area contributed by atoms with Gasteiger partial charge >= 0.3 is 11.9 Å². The highest BCUT2D eigenvalue weighted by Crippen LogP contribution is 2.40. The normalized spacial score (nSPS) is 24.8. The minimum atomic E-state index is -1.05. The molecule has 2 saturated heterocycles. The lowest BCUT2D eigenvalue weighted by Crippen LogP contribution is -2.57. The number of aryl methyl sites for hydroxylation is 1. The molecule has 0 aliphatic carbocycles. The molecule has 8 nitrogen and oxygen atoms in total. The van der Waals surface area contributed by atoms with Crippen LogP contribution in [0.2, 0.25) is 0 Å². The number of hydrogen-bond acceptors (Lipinski definition) is 6. The van der Waals surface area contributed by atoms with Gasteiger partial charge in [-0.15, -0.1) is 0 Å². The van der Waals surface area contributed by atoms with Gasteiger partial charge in [0.25, 0.3) is 0 Å². The van der Waals surface area contributed by atoms with E-state index < -0.39 is 35.7 Å². The van der Waals surface area contributed by atoms with Crippen molar-refractivity contribution in [2.45, 2.75) is 69.7 Å². The molecule has 2 aliphatic rings. The summed E-state index contributed by atoms with van der Waals surface area (Å²) in [5.41, 5.74) is 0.290. The highest BCUT2D eigenvalue weighted by molar-refractivity contribution is 5.89. The van der Waals surface area contributed by atoms with Gasteiger partial charge in [0.1, 0.15) is 11.6 Å². The van der Waals surface area contributed by atoms with Crippen LogP contribution in [0.25, 0.3) is 0 Å². The van der Waals surface area contributed by atoms with Crippen LogP contribution in [-0.2, 0) is 30.3 Å². The Bertz CT molecular complexity index is 778. The van der Waals surface area contributed by atoms with Crippen molar-refractivity contribution in [3.05, 3.63) is 35.9 Å². The number of amides is 1. The van der Waals surface area contributed by atoms with E-state index >= 15 is 0 Å². The van der Waals surface area contributed by atoms with Crippen LogP contribution < -0.4 is 5.32 Å². The van der Waals surface area contributed by atoms with E-state index in [2.05, 4.69) is 5.32 Å². The Morgan fingerprint density at radius 2 is 2.03 bits per heavy atom. The molecular weight excluding hydrogens is 400 g/mol. The molecule has 0 saturated carbocycles. The second kappa shape index (κ2) is 10.2. The molecule has 170 valence electrons. The Labute approximate surface area is 182 Å². The Morgan fingerprint density at radius 3 is 2.65 bits per heavy atom. The number of likely N-dealkylation sites (tertiary alicyclic amines) is 1. The van der Waals surface area contributed by atoms with Crippen molar-refractivity contribution in [3.8, 4) is 0 Å². The summed E-state index contributed by atoms with van der Waals surface area (Å²) < 4.78 is 11.0. The highest BCUT2D eigenvalue weighted by Gasteiger charge is 2.56. The van der Waals surface area contributed by atoms with Crippen LogP contribution in [0.3, 0.4) is 0 Å². The summed E-state index contributed by atoms with van der Waals surface area (Å²) in [7, 11) is 0. The van der Waals surface area contributed by atoms with Crippen molar-refractivity contribution in [1.29, 1.82) is 0 Å². The van der Waals surface area contributed by atoms with E-state index in [0.29, 0.717) is 38.8 Å². The summed E-state index contributed by atoms with van der Waals surface area (Å²) in [6.07, 6.45) is 3.06. The van der Waals surface area contributed by atoms with E-state index in [0.717, 1.165) is 12.0 Å². The van der Waals surface area contributed by atoms with Gasteiger partial charge in [-0.3, -0.25) is 14.9 Å². The summed E-state index contributed by atoms with van der Waals surface area (Å²) in [6, 6.07) is 7.38. The van der Waals surface area contributed by atoms with Crippen LogP contribution in [0.1, 0.15) is 45.1 Å². The maximum Gasteiger partial charge on any atom is 0.329 e. The van der Waals surface area contributed by atoms with Crippen LogP contribution in [-0.4, -0.2) is 71.3 Å². The van der Waals surface area contributed by atoms with Gasteiger partial charge in [-0.2, -0.15) is 0 Å². The lowest BCUT2D eigenvalue weighted by atomic mass is 9.91. The Morgan fingerprint density at radius 1 is 1.29 bits per heavy atom. The predicted octanol–water partition coefficient (Wildman–Crippen LogP) is 1.76. The Hall–Kier alpha value is -2.45. The third kappa shape index (κ3) is 5.25. The van der Waals surface area contributed by atoms with E-state index in [1.165, 1.54) is 4.90 Å².